The van der Waals surface area contributed by atoms with Crippen molar-refractivity contribution in [1.29, 1.82) is 0 Å². The summed E-state index contributed by atoms with van der Waals surface area (Å²) >= 11 is 0. The molecule has 0 fully saturated rings. The summed E-state index contributed by atoms with van der Waals surface area (Å²) in [6, 6.07) is 0. The third-order valence-corrected chi connectivity index (χ3v) is 1.76. The van der Waals surface area contributed by atoms with Crippen LogP contribution in [0.3, 0.4) is 0 Å². The lowest BCUT2D eigenvalue weighted by Gasteiger charge is -2.01. The normalized spacial score (nSPS) is 10.1. The second-order valence-electron chi connectivity index (χ2n) is 2.80. The van der Waals surface area contributed by atoms with Crippen LogP contribution in [0.5, 0.6) is 0 Å². The zero-order valence-corrected chi connectivity index (χ0v) is 8.36. The molecule has 0 unspecified atom stereocenters. The Balaban J connectivity index is 2.39. The van der Waals surface area contributed by atoms with Crippen LogP contribution in [0.2, 0.25) is 0 Å². The van der Waals surface area contributed by atoms with Crippen molar-refractivity contribution in [3.05, 3.63) is 24.4 Å². The number of nitrogens with zero attached hydrogens (tertiary/aromatic N) is 5. The maximum absolute atomic E-state index is 11.2. The van der Waals surface area contributed by atoms with E-state index in [-0.39, 0.29) is 11.6 Å². The highest BCUT2D eigenvalue weighted by Gasteiger charge is 2.10. The van der Waals surface area contributed by atoms with E-state index in [1.807, 2.05) is 0 Å². The number of aromatic nitrogens is 5. The first-order chi connectivity index (χ1) is 7.70. The highest BCUT2D eigenvalue weighted by Crippen LogP contribution is 2.03. The maximum atomic E-state index is 11.2. The molecule has 16 heavy (non-hydrogen) atoms. The van der Waals surface area contributed by atoms with Crippen LogP contribution in [0, 0.1) is 0 Å². The van der Waals surface area contributed by atoms with Crippen molar-refractivity contribution in [2.24, 2.45) is 0 Å². The molecule has 0 aliphatic heterocycles. The van der Waals surface area contributed by atoms with Crippen LogP contribution in [0.1, 0.15) is 10.5 Å². The average molecular weight is 220 g/mol. The Morgan fingerprint density at radius 1 is 1.50 bits per heavy atom. The Bertz CT molecular complexity index is 523. The zero-order valence-electron chi connectivity index (χ0n) is 8.36. The number of nitrogen functional groups attached to an aromatic ring is 1. The molecule has 0 amide bonds. The minimum absolute atomic E-state index is 0.0917. The predicted molar refractivity (Wildman–Crippen MR) is 52.7 cm³/mol. The topological polar surface area (TPSA) is 109 Å². The van der Waals surface area contributed by atoms with Gasteiger partial charge in [0.05, 0.1) is 19.5 Å². The van der Waals surface area contributed by atoms with Crippen LogP contribution < -0.4 is 5.73 Å². The molecule has 8 heteroatoms. The molecule has 0 aliphatic rings. The standard InChI is InChI=1S/C8H8N6O2/c1-16-7(15)5-2-10-3-6(12-5)14-4-11-8(9)13-14/h2-4H,1H3,(H2,9,13). The van der Waals surface area contributed by atoms with E-state index in [0.29, 0.717) is 5.82 Å². The fraction of sp³-hybridized carbons (Fsp3) is 0.125. The Morgan fingerprint density at radius 3 is 2.94 bits per heavy atom. The second kappa shape index (κ2) is 3.93. The first-order valence-corrected chi connectivity index (χ1v) is 4.28. The number of hydrogen-bond donors (Lipinski definition) is 1. The summed E-state index contributed by atoms with van der Waals surface area (Å²) in [6.45, 7) is 0. The third-order valence-electron chi connectivity index (χ3n) is 1.76. The molecule has 0 bridgehead atoms. The summed E-state index contributed by atoms with van der Waals surface area (Å²) in [5, 5.41) is 3.84. The molecule has 82 valence electrons. The van der Waals surface area contributed by atoms with Gasteiger partial charge in [0, 0.05) is 0 Å². The summed E-state index contributed by atoms with van der Waals surface area (Å²) in [6.07, 6.45) is 4.11. The van der Waals surface area contributed by atoms with E-state index in [1.54, 1.807) is 0 Å². The fourth-order valence-corrected chi connectivity index (χ4v) is 1.06. The van der Waals surface area contributed by atoms with Crippen LogP contribution in [-0.2, 0) is 4.74 Å². The molecule has 0 aliphatic carbocycles. The Morgan fingerprint density at radius 2 is 2.31 bits per heavy atom. The van der Waals surface area contributed by atoms with E-state index in [9.17, 15) is 4.79 Å². The third kappa shape index (κ3) is 1.80. The smallest absolute Gasteiger partial charge is 0.358 e. The SMILES string of the molecule is COC(=O)c1cncc(-n2cnc(N)n2)n1. The molecule has 2 N–H and O–H groups in total. The molecule has 8 nitrogen and oxygen atoms in total. The number of ether oxygens (including phenoxy) is 1. The first kappa shape index (κ1) is 10.0. The molecule has 0 spiro atoms. The molecule has 2 rings (SSSR count). The molecular formula is C8H8N6O2. The van der Waals surface area contributed by atoms with Gasteiger partial charge in [-0.05, 0) is 0 Å². The summed E-state index contributed by atoms with van der Waals surface area (Å²) in [5.74, 6) is -0.111. The number of methoxy groups -OCH3 is 1. The molecule has 0 aromatic carbocycles. The number of nitrogens with two attached hydrogens (primary N) is 1. The van der Waals surface area contributed by atoms with Gasteiger partial charge < -0.3 is 10.5 Å². The second-order valence-corrected chi connectivity index (χ2v) is 2.80. The molecule has 0 saturated carbocycles. The van der Waals surface area contributed by atoms with E-state index in [1.165, 1.54) is 30.5 Å². The summed E-state index contributed by atoms with van der Waals surface area (Å²) < 4.78 is 5.84. The molecule has 2 heterocycles. The van der Waals surface area contributed by atoms with Gasteiger partial charge in [-0.3, -0.25) is 4.98 Å². The van der Waals surface area contributed by atoms with Gasteiger partial charge in [0.25, 0.3) is 0 Å². The highest BCUT2D eigenvalue weighted by molar-refractivity contribution is 5.86. The number of rotatable bonds is 2. The maximum Gasteiger partial charge on any atom is 0.358 e. The number of carbonyl (C=O) groups is 1. The minimum Gasteiger partial charge on any atom is -0.464 e. The Kier molecular flexibility index (Phi) is 2.46. The number of carbonyl (C=O) groups excluding carboxylic acids is 1. The number of hydrogen-bond acceptors (Lipinski definition) is 7. The number of esters is 1. The lowest BCUT2D eigenvalue weighted by atomic mass is 10.4. The van der Waals surface area contributed by atoms with Gasteiger partial charge in [0.1, 0.15) is 6.33 Å². The van der Waals surface area contributed by atoms with Gasteiger partial charge in [-0.15, -0.1) is 5.10 Å². The first-order valence-electron chi connectivity index (χ1n) is 4.28. The zero-order chi connectivity index (χ0) is 11.5. The molecule has 0 atom stereocenters. The van der Waals surface area contributed by atoms with E-state index < -0.39 is 5.97 Å². The molecule has 0 radical (unpaired) electrons. The van der Waals surface area contributed by atoms with Gasteiger partial charge in [0.2, 0.25) is 5.95 Å². The van der Waals surface area contributed by atoms with E-state index in [0.717, 1.165) is 0 Å². The summed E-state index contributed by atoms with van der Waals surface area (Å²) in [4.78, 5) is 22.8. The summed E-state index contributed by atoms with van der Waals surface area (Å²) in [5.41, 5.74) is 5.45. The largest absolute Gasteiger partial charge is 0.464 e. The lowest BCUT2D eigenvalue weighted by Crippen LogP contribution is -2.08. The van der Waals surface area contributed by atoms with Crippen molar-refractivity contribution in [2.75, 3.05) is 12.8 Å². The van der Waals surface area contributed by atoms with E-state index in [4.69, 9.17) is 5.73 Å². The Labute approximate surface area is 90.1 Å². The quantitative estimate of drug-likeness (QED) is 0.674. The van der Waals surface area contributed by atoms with E-state index in [2.05, 4.69) is 24.8 Å². The van der Waals surface area contributed by atoms with E-state index >= 15 is 0 Å². The van der Waals surface area contributed by atoms with Crippen molar-refractivity contribution in [3.63, 3.8) is 0 Å². The van der Waals surface area contributed by atoms with Gasteiger partial charge in [-0.2, -0.15) is 4.68 Å². The van der Waals surface area contributed by atoms with Crippen molar-refractivity contribution in [3.8, 4) is 5.82 Å². The predicted octanol–water partition coefficient (Wildman–Crippen LogP) is -0.574. The highest BCUT2D eigenvalue weighted by atomic mass is 16.5. The average Bonchev–Trinajstić information content (AvgIpc) is 2.75. The van der Waals surface area contributed by atoms with Crippen molar-refractivity contribution >= 4 is 11.9 Å². The van der Waals surface area contributed by atoms with Gasteiger partial charge in [-0.1, -0.05) is 0 Å². The number of anilines is 1. The fourth-order valence-electron chi connectivity index (χ4n) is 1.06. The summed E-state index contributed by atoms with van der Waals surface area (Å²) in [7, 11) is 1.27. The molecule has 2 aromatic rings. The monoisotopic (exact) mass is 220 g/mol. The van der Waals surface area contributed by atoms with Crippen LogP contribution in [0.25, 0.3) is 5.82 Å². The van der Waals surface area contributed by atoms with Crippen LogP contribution in [-0.4, -0.2) is 37.8 Å². The van der Waals surface area contributed by atoms with Gasteiger partial charge in [0.15, 0.2) is 11.5 Å². The van der Waals surface area contributed by atoms with Crippen LogP contribution in [0.15, 0.2) is 18.7 Å². The minimum atomic E-state index is -0.567. The Hall–Kier alpha value is -2.51. The molecular weight excluding hydrogens is 212 g/mol. The van der Waals surface area contributed by atoms with Gasteiger partial charge >= 0.3 is 5.97 Å². The van der Waals surface area contributed by atoms with Crippen LogP contribution >= 0.6 is 0 Å². The van der Waals surface area contributed by atoms with Crippen molar-refractivity contribution in [1.82, 2.24) is 24.7 Å². The lowest BCUT2D eigenvalue weighted by molar-refractivity contribution is 0.0593. The van der Waals surface area contributed by atoms with Crippen molar-refractivity contribution < 1.29 is 9.53 Å². The van der Waals surface area contributed by atoms with Gasteiger partial charge in [-0.25, -0.2) is 14.8 Å². The van der Waals surface area contributed by atoms with Crippen molar-refractivity contribution in [2.45, 2.75) is 0 Å². The molecule has 2 aromatic heterocycles. The van der Waals surface area contributed by atoms with Crippen LogP contribution in [0.4, 0.5) is 5.95 Å². The molecule has 0 saturated heterocycles.